The minimum atomic E-state index is -0.340. The van der Waals surface area contributed by atoms with Gasteiger partial charge in [0.15, 0.2) is 5.78 Å². The quantitative estimate of drug-likeness (QED) is 0.902. The van der Waals surface area contributed by atoms with Crippen LogP contribution in [0.2, 0.25) is 0 Å². The summed E-state index contributed by atoms with van der Waals surface area (Å²) >= 11 is 0. The number of carbonyl (C=O) groups is 1. The van der Waals surface area contributed by atoms with Gasteiger partial charge < -0.3 is 5.73 Å². The van der Waals surface area contributed by atoms with Gasteiger partial charge in [0.05, 0.1) is 6.04 Å². The van der Waals surface area contributed by atoms with Crippen LogP contribution in [0.5, 0.6) is 0 Å². The summed E-state index contributed by atoms with van der Waals surface area (Å²) in [6.45, 7) is 4.54. The van der Waals surface area contributed by atoms with Crippen LogP contribution in [0.25, 0.3) is 0 Å². The standard InChI is InChI=1S/C17H25NO/c1-12-8-9-15(10-13(12)2)17(19)16(18)11-14-6-4-3-5-7-14/h3-7,12-13,15-16H,8-11,18H2,1-2H3. The van der Waals surface area contributed by atoms with E-state index in [0.29, 0.717) is 12.3 Å². The summed E-state index contributed by atoms with van der Waals surface area (Å²) in [6.07, 6.45) is 3.87. The largest absolute Gasteiger partial charge is 0.321 e. The predicted octanol–water partition coefficient (Wildman–Crippen LogP) is 3.20. The van der Waals surface area contributed by atoms with E-state index in [2.05, 4.69) is 13.8 Å². The molecule has 1 saturated carbocycles. The van der Waals surface area contributed by atoms with Crippen molar-refractivity contribution in [1.29, 1.82) is 0 Å². The number of carbonyl (C=O) groups excluding carboxylic acids is 1. The van der Waals surface area contributed by atoms with E-state index in [1.54, 1.807) is 0 Å². The third-order valence-electron chi connectivity index (χ3n) is 4.66. The van der Waals surface area contributed by atoms with Crippen molar-refractivity contribution in [3.8, 4) is 0 Å². The van der Waals surface area contributed by atoms with Crippen molar-refractivity contribution in [1.82, 2.24) is 0 Å². The maximum absolute atomic E-state index is 12.4. The smallest absolute Gasteiger partial charge is 0.152 e. The van der Waals surface area contributed by atoms with Crippen LogP contribution < -0.4 is 5.73 Å². The number of benzene rings is 1. The average molecular weight is 259 g/mol. The molecule has 19 heavy (non-hydrogen) atoms. The molecule has 2 heteroatoms. The molecule has 0 bridgehead atoms. The highest BCUT2D eigenvalue weighted by Gasteiger charge is 2.31. The zero-order valence-electron chi connectivity index (χ0n) is 12.0. The number of hydrogen-bond donors (Lipinski definition) is 1. The zero-order chi connectivity index (χ0) is 13.8. The lowest BCUT2D eigenvalue weighted by molar-refractivity contribution is -0.125. The van der Waals surface area contributed by atoms with Crippen LogP contribution in [-0.2, 0) is 11.2 Å². The van der Waals surface area contributed by atoms with Gasteiger partial charge in [-0.15, -0.1) is 0 Å². The molecule has 2 rings (SSSR count). The Bertz CT molecular complexity index is 415. The Morgan fingerprint density at radius 1 is 1.21 bits per heavy atom. The summed E-state index contributed by atoms with van der Waals surface area (Å²) in [7, 11) is 0. The first kappa shape index (κ1) is 14.3. The SMILES string of the molecule is CC1CCC(C(=O)C(N)Cc2ccccc2)CC1C. The van der Waals surface area contributed by atoms with Gasteiger partial charge >= 0.3 is 0 Å². The normalized spacial score (nSPS) is 28.9. The number of ketones is 1. The Kier molecular flexibility index (Phi) is 4.76. The van der Waals surface area contributed by atoms with Crippen LogP contribution in [0.1, 0.15) is 38.7 Å². The lowest BCUT2D eigenvalue weighted by Gasteiger charge is -2.32. The van der Waals surface area contributed by atoms with Gasteiger partial charge in [0.25, 0.3) is 0 Å². The molecule has 1 aromatic rings. The average Bonchev–Trinajstić information content (AvgIpc) is 2.42. The van der Waals surface area contributed by atoms with Crippen LogP contribution in [-0.4, -0.2) is 11.8 Å². The van der Waals surface area contributed by atoms with Crippen molar-refractivity contribution < 1.29 is 4.79 Å². The fourth-order valence-electron chi connectivity index (χ4n) is 3.08. The molecule has 0 spiro atoms. The third-order valence-corrected chi connectivity index (χ3v) is 4.66. The molecule has 0 radical (unpaired) electrons. The van der Waals surface area contributed by atoms with Crippen LogP contribution >= 0.6 is 0 Å². The number of Topliss-reactive ketones (excluding diaryl/α,β-unsaturated/α-hetero) is 1. The van der Waals surface area contributed by atoms with E-state index in [1.807, 2.05) is 30.3 Å². The van der Waals surface area contributed by atoms with Crippen molar-refractivity contribution in [2.24, 2.45) is 23.5 Å². The Hall–Kier alpha value is -1.15. The summed E-state index contributed by atoms with van der Waals surface area (Å²) in [6, 6.07) is 9.72. The first-order chi connectivity index (χ1) is 9.08. The van der Waals surface area contributed by atoms with Gasteiger partial charge in [0, 0.05) is 5.92 Å². The van der Waals surface area contributed by atoms with Gasteiger partial charge in [0.2, 0.25) is 0 Å². The van der Waals surface area contributed by atoms with Gasteiger partial charge in [-0.1, -0.05) is 44.2 Å². The van der Waals surface area contributed by atoms with E-state index in [4.69, 9.17) is 5.73 Å². The fraction of sp³-hybridized carbons (Fsp3) is 0.588. The Labute approximate surface area is 116 Å². The van der Waals surface area contributed by atoms with E-state index < -0.39 is 0 Å². The Balaban J connectivity index is 1.92. The predicted molar refractivity (Wildman–Crippen MR) is 78.8 cm³/mol. The molecule has 2 N–H and O–H groups in total. The van der Waals surface area contributed by atoms with Crippen molar-refractivity contribution in [2.75, 3.05) is 0 Å². The molecule has 0 aliphatic heterocycles. The maximum atomic E-state index is 12.4. The van der Waals surface area contributed by atoms with Crippen LogP contribution in [0.4, 0.5) is 0 Å². The molecule has 1 fully saturated rings. The second-order valence-electron chi connectivity index (χ2n) is 6.16. The fourth-order valence-corrected chi connectivity index (χ4v) is 3.08. The summed E-state index contributed by atoms with van der Waals surface area (Å²) < 4.78 is 0. The van der Waals surface area contributed by atoms with Gasteiger partial charge in [-0.2, -0.15) is 0 Å². The van der Waals surface area contributed by atoms with Gasteiger partial charge in [-0.25, -0.2) is 0 Å². The second-order valence-corrected chi connectivity index (χ2v) is 6.16. The maximum Gasteiger partial charge on any atom is 0.152 e. The van der Waals surface area contributed by atoms with E-state index in [9.17, 15) is 4.79 Å². The van der Waals surface area contributed by atoms with Crippen LogP contribution in [0, 0.1) is 17.8 Å². The molecule has 4 atom stereocenters. The first-order valence-corrected chi connectivity index (χ1v) is 7.41. The third kappa shape index (κ3) is 3.66. The lowest BCUT2D eigenvalue weighted by atomic mass is 9.73. The van der Waals surface area contributed by atoms with Crippen molar-refractivity contribution in [2.45, 2.75) is 45.6 Å². The highest BCUT2D eigenvalue weighted by molar-refractivity contribution is 5.86. The van der Waals surface area contributed by atoms with Crippen molar-refractivity contribution in [3.05, 3.63) is 35.9 Å². The molecular formula is C17H25NO. The number of hydrogen-bond acceptors (Lipinski definition) is 2. The summed E-state index contributed by atoms with van der Waals surface area (Å²) in [5.74, 6) is 1.84. The van der Waals surface area contributed by atoms with E-state index >= 15 is 0 Å². The summed E-state index contributed by atoms with van der Waals surface area (Å²) in [4.78, 5) is 12.4. The minimum Gasteiger partial charge on any atom is -0.321 e. The molecule has 1 aliphatic rings. The Morgan fingerprint density at radius 3 is 2.53 bits per heavy atom. The molecule has 4 unspecified atom stereocenters. The molecule has 0 aromatic heterocycles. The van der Waals surface area contributed by atoms with Crippen LogP contribution in [0.3, 0.4) is 0 Å². The topological polar surface area (TPSA) is 43.1 Å². The second kappa shape index (κ2) is 6.33. The zero-order valence-corrected chi connectivity index (χ0v) is 12.0. The first-order valence-electron chi connectivity index (χ1n) is 7.41. The molecule has 0 saturated heterocycles. The molecule has 1 aliphatic carbocycles. The monoisotopic (exact) mass is 259 g/mol. The number of nitrogens with two attached hydrogens (primary N) is 1. The van der Waals surface area contributed by atoms with E-state index in [-0.39, 0.29) is 17.7 Å². The molecule has 0 heterocycles. The highest BCUT2D eigenvalue weighted by atomic mass is 16.1. The van der Waals surface area contributed by atoms with Crippen LogP contribution in [0.15, 0.2) is 30.3 Å². The highest BCUT2D eigenvalue weighted by Crippen LogP contribution is 2.34. The molecule has 104 valence electrons. The van der Waals surface area contributed by atoms with Gasteiger partial charge in [0.1, 0.15) is 0 Å². The minimum absolute atomic E-state index is 0.185. The summed E-state index contributed by atoms with van der Waals surface area (Å²) in [5.41, 5.74) is 7.26. The van der Waals surface area contributed by atoms with E-state index in [0.717, 1.165) is 30.7 Å². The lowest BCUT2D eigenvalue weighted by Crippen LogP contribution is -2.40. The van der Waals surface area contributed by atoms with Crippen molar-refractivity contribution in [3.63, 3.8) is 0 Å². The molecule has 1 aromatic carbocycles. The Morgan fingerprint density at radius 2 is 1.89 bits per heavy atom. The summed E-state index contributed by atoms with van der Waals surface area (Å²) in [5, 5.41) is 0. The molecule has 2 nitrogen and oxygen atoms in total. The van der Waals surface area contributed by atoms with Crippen molar-refractivity contribution >= 4 is 5.78 Å². The van der Waals surface area contributed by atoms with Gasteiger partial charge in [-0.3, -0.25) is 4.79 Å². The van der Waals surface area contributed by atoms with E-state index in [1.165, 1.54) is 0 Å². The number of rotatable bonds is 4. The van der Waals surface area contributed by atoms with Gasteiger partial charge in [-0.05, 0) is 43.1 Å². The molecule has 0 amide bonds. The molecular weight excluding hydrogens is 234 g/mol.